The highest BCUT2D eigenvalue weighted by atomic mass is 32.1. The first-order chi connectivity index (χ1) is 9.74. The van der Waals surface area contributed by atoms with Crippen molar-refractivity contribution in [3.05, 3.63) is 47.4 Å². The van der Waals surface area contributed by atoms with Crippen molar-refractivity contribution in [3.8, 4) is 0 Å². The Kier molecular flexibility index (Phi) is 5.77. The van der Waals surface area contributed by atoms with Crippen LogP contribution >= 0.6 is 11.3 Å². The van der Waals surface area contributed by atoms with Crippen molar-refractivity contribution in [2.75, 3.05) is 19.8 Å². The minimum absolute atomic E-state index is 0.371. The molecule has 1 unspecified atom stereocenters. The average Bonchev–Trinajstić information content (AvgIpc) is 2.80. The number of hydrogen-bond acceptors (Lipinski definition) is 3. The van der Waals surface area contributed by atoms with Crippen LogP contribution in [0.4, 0.5) is 0 Å². The average molecular weight is 289 g/mol. The molecule has 108 valence electrons. The van der Waals surface area contributed by atoms with Crippen molar-refractivity contribution in [1.82, 2.24) is 5.32 Å². The zero-order valence-electron chi connectivity index (χ0n) is 12.3. The third kappa shape index (κ3) is 3.69. The quantitative estimate of drug-likeness (QED) is 0.572. The lowest BCUT2D eigenvalue weighted by atomic mass is 10.1. The van der Waals surface area contributed by atoms with Gasteiger partial charge in [-0.15, -0.1) is 17.9 Å². The lowest BCUT2D eigenvalue weighted by Crippen LogP contribution is -2.23. The number of fused-ring (bicyclic) bond motifs is 1. The molecule has 1 aromatic carbocycles. The van der Waals surface area contributed by atoms with Gasteiger partial charge in [0.1, 0.15) is 0 Å². The molecule has 0 spiro atoms. The third-order valence-electron chi connectivity index (χ3n) is 3.44. The Morgan fingerprint density at radius 1 is 1.35 bits per heavy atom. The molecule has 3 heteroatoms. The first-order valence-electron chi connectivity index (χ1n) is 7.14. The van der Waals surface area contributed by atoms with Gasteiger partial charge < -0.3 is 10.1 Å². The van der Waals surface area contributed by atoms with E-state index in [2.05, 4.69) is 50.0 Å². The van der Waals surface area contributed by atoms with Crippen LogP contribution < -0.4 is 5.32 Å². The molecule has 0 saturated carbocycles. The zero-order chi connectivity index (χ0) is 14.4. The molecule has 0 bridgehead atoms. The van der Waals surface area contributed by atoms with E-state index in [9.17, 15) is 0 Å². The van der Waals surface area contributed by atoms with E-state index in [0.29, 0.717) is 6.04 Å². The summed E-state index contributed by atoms with van der Waals surface area (Å²) in [4.78, 5) is 1.43. The molecule has 0 amide bonds. The minimum atomic E-state index is 0.371. The van der Waals surface area contributed by atoms with Crippen molar-refractivity contribution >= 4 is 21.4 Å². The van der Waals surface area contributed by atoms with E-state index in [-0.39, 0.29) is 0 Å². The van der Waals surface area contributed by atoms with Gasteiger partial charge in [0.25, 0.3) is 0 Å². The zero-order valence-corrected chi connectivity index (χ0v) is 13.1. The van der Waals surface area contributed by atoms with Gasteiger partial charge in [-0.05, 0) is 37.3 Å². The van der Waals surface area contributed by atoms with E-state index < -0.39 is 0 Å². The SMILES string of the molecule is C=CCCOCCNC(C)c1sc2ccccc2c1C. The van der Waals surface area contributed by atoms with E-state index in [1.807, 2.05) is 17.4 Å². The maximum atomic E-state index is 5.52. The Bertz CT molecular complexity index is 561. The Balaban J connectivity index is 1.89. The minimum Gasteiger partial charge on any atom is -0.380 e. The monoisotopic (exact) mass is 289 g/mol. The Labute approximate surface area is 125 Å². The molecular formula is C17H23NOS. The standard InChI is InChI=1S/C17H23NOS/c1-4-5-11-19-12-10-18-14(3)17-13(2)15-8-6-7-9-16(15)20-17/h4,6-9,14,18H,1,5,10-12H2,2-3H3. The summed E-state index contributed by atoms with van der Waals surface area (Å²) in [5.74, 6) is 0. The van der Waals surface area contributed by atoms with Crippen molar-refractivity contribution < 1.29 is 4.74 Å². The van der Waals surface area contributed by atoms with Crippen LogP contribution in [0, 0.1) is 6.92 Å². The lowest BCUT2D eigenvalue weighted by Gasteiger charge is -2.13. The topological polar surface area (TPSA) is 21.3 Å². The summed E-state index contributed by atoms with van der Waals surface area (Å²) in [5, 5.41) is 4.92. The van der Waals surface area contributed by atoms with E-state index in [1.54, 1.807) is 0 Å². The lowest BCUT2D eigenvalue weighted by molar-refractivity contribution is 0.139. The van der Waals surface area contributed by atoms with E-state index in [0.717, 1.165) is 26.2 Å². The number of ether oxygens (including phenoxy) is 1. The smallest absolute Gasteiger partial charge is 0.0591 e. The van der Waals surface area contributed by atoms with Crippen LogP contribution in [0.1, 0.15) is 29.8 Å². The van der Waals surface area contributed by atoms with Gasteiger partial charge in [-0.3, -0.25) is 0 Å². The van der Waals surface area contributed by atoms with Gasteiger partial charge in [0.15, 0.2) is 0 Å². The Hall–Kier alpha value is -1.16. The Morgan fingerprint density at radius 3 is 2.90 bits per heavy atom. The fourth-order valence-corrected chi connectivity index (χ4v) is 3.55. The second kappa shape index (κ2) is 7.58. The molecule has 0 aliphatic heterocycles. The van der Waals surface area contributed by atoms with Crippen LogP contribution in [0.15, 0.2) is 36.9 Å². The number of benzene rings is 1. The van der Waals surface area contributed by atoms with Gasteiger partial charge in [0.2, 0.25) is 0 Å². The third-order valence-corrected chi connectivity index (χ3v) is 4.89. The highest BCUT2D eigenvalue weighted by Gasteiger charge is 2.13. The van der Waals surface area contributed by atoms with Crippen LogP contribution in [-0.4, -0.2) is 19.8 Å². The molecule has 1 aromatic heterocycles. The molecular weight excluding hydrogens is 266 g/mol. The van der Waals surface area contributed by atoms with Crippen molar-refractivity contribution in [2.24, 2.45) is 0 Å². The highest BCUT2D eigenvalue weighted by Crippen LogP contribution is 2.34. The maximum Gasteiger partial charge on any atom is 0.0591 e. The summed E-state index contributed by atoms with van der Waals surface area (Å²) < 4.78 is 6.89. The molecule has 0 fully saturated rings. The number of rotatable bonds is 8. The summed E-state index contributed by atoms with van der Waals surface area (Å²) in [6, 6.07) is 8.98. The molecule has 2 rings (SSSR count). The normalized spacial score (nSPS) is 12.7. The van der Waals surface area contributed by atoms with Crippen LogP contribution in [0.25, 0.3) is 10.1 Å². The van der Waals surface area contributed by atoms with Gasteiger partial charge in [-0.2, -0.15) is 0 Å². The summed E-state index contributed by atoms with van der Waals surface area (Å²) in [5.41, 5.74) is 1.40. The predicted molar refractivity (Wildman–Crippen MR) is 88.6 cm³/mol. The molecule has 0 aliphatic rings. The van der Waals surface area contributed by atoms with E-state index in [1.165, 1.54) is 20.5 Å². The van der Waals surface area contributed by atoms with Gasteiger partial charge >= 0.3 is 0 Å². The fourth-order valence-electron chi connectivity index (χ4n) is 2.32. The second-order valence-electron chi connectivity index (χ2n) is 4.95. The highest BCUT2D eigenvalue weighted by molar-refractivity contribution is 7.19. The first kappa shape index (κ1) is 15.2. The first-order valence-corrected chi connectivity index (χ1v) is 7.95. The number of hydrogen-bond donors (Lipinski definition) is 1. The molecule has 2 nitrogen and oxygen atoms in total. The van der Waals surface area contributed by atoms with Gasteiger partial charge in [0, 0.05) is 22.2 Å². The van der Waals surface area contributed by atoms with Crippen LogP contribution in [0.5, 0.6) is 0 Å². The van der Waals surface area contributed by atoms with Crippen molar-refractivity contribution in [1.29, 1.82) is 0 Å². The van der Waals surface area contributed by atoms with E-state index >= 15 is 0 Å². The number of thiophene rings is 1. The second-order valence-corrected chi connectivity index (χ2v) is 6.04. The number of aryl methyl sites for hydroxylation is 1. The molecule has 1 N–H and O–H groups in total. The molecule has 0 aliphatic carbocycles. The molecule has 0 radical (unpaired) electrons. The maximum absolute atomic E-state index is 5.52. The summed E-state index contributed by atoms with van der Waals surface area (Å²) in [6.07, 6.45) is 2.81. The van der Waals surface area contributed by atoms with Crippen LogP contribution in [0.3, 0.4) is 0 Å². The molecule has 1 heterocycles. The summed E-state index contributed by atoms with van der Waals surface area (Å²) in [7, 11) is 0. The molecule has 0 saturated heterocycles. The largest absolute Gasteiger partial charge is 0.380 e. The molecule has 1 atom stereocenters. The summed E-state index contributed by atoms with van der Waals surface area (Å²) in [6.45, 7) is 10.5. The van der Waals surface area contributed by atoms with Crippen molar-refractivity contribution in [3.63, 3.8) is 0 Å². The van der Waals surface area contributed by atoms with Gasteiger partial charge in [-0.25, -0.2) is 0 Å². The van der Waals surface area contributed by atoms with E-state index in [4.69, 9.17) is 4.74 Å². The van der Waals surface area contributed by atoms with Gasteiger partial charge in [0.05, 0.1) is 13.2 Å². The fraction of sp³-hybridized carbons (Fsp3) is 0.412. The van der Waals surface area contributed by atoms with Crippen LogP contribution in [0.2, 0.25) is 0 Å². The Morgan fingerprint density at radius 2 is 2.15 bits per heavy atom. The summed E-state index contributed by atoms with van der Waals surface area (Å²) >= 11 is 1.89. The molecule has 20 heavy (non-hydrogen) atoms. The van der Waals surface area contributed by atoms with Crippen LogP contribution in [-0.2, 0) is 4.74 Å². The van der Waals surface area contributed by atoms with Crippen molar-refractivity contribution in [2.45, 2.75) is 26.3 Å². The predicted octanol–water partition coefficient (Wildman–Crippen LogP) is 4.45. The van der Waals surface area contributed by atoms with Gasteiger partial charge in [-0.1, -0.05) is 24.3 Å². The number of nitrogens with one attached hydrogen (secondary N) is 1. The molecule has 2 aromatic rings.